The van der Waals surface area contributed by atoms with Gasteiger partial charge in [-0.15, -0.1) is 11.3 Å². The first-order valence-electron chi connectivity index (χ1n) is 7.82. The predicted molar refractivity (Wildman–Crippen MR) is 96.7 cm³/mol. The monoisotopic (exact) mass is 415 g/mol. The van der Waals surface area contributed by atoms with Gasteiger partial charge in [-0.2, -0.15) is 22.6 Å². The number of aromatic amines is 1. The van der Waals surface area contributed by atoms with E-state index < -0.39 is 21.9 Å². The first-order valence-corrected chi connectivity index (χ1v) is 10.1. The third kappa shape index (κ3) is 4.07. The van der Waals surface area contributed by atoms with Crippen molar-refractivity contribution in [2.45, 2.75) is 24.5 Å². The van der Waals surface area contributed by atoms with Crippen LogP contribution in [0.15, 0.2) is 47.4 Å². The molecule has 2 aromatic heterocycles. The Morgan fingerprint density at radius 2 is 1.85 bits per heavy atom. The van der Waals surface area contributed by atoms with Crippen LogP contribution in [0.25, 0.3) is 10.6 Å². The summed E-state index contributed by atoms with van der Waals surface area (Å²) in [5.41, 5.74) is -0.0875. The van der Waals surface area contributed by atoms with Crippen molar-refractivity contribution in [1.82, 2.24) is 14.5 Å². The van der Waals surface area contributed by atoms with Crippen LogP contribution in [0.2, 0.25) is 0 Å². The summed E-state index contributed by atoms with van der Waals surface area (Å²) in [6, 6.07) is 11.4. The fraction of sp³-hybridized carbons (Fsp3) is 0.235. The number of aryl methyl sites for hydroxylation is 1. The zero-order chi connectivity index (χ0) is 19.8. The minimum absolute atomic E-state index is 0.0580. The van der Waals surface area contributed by atoms with E-state index in [1.54, 1.807) is 6.92 Å². The van der Waals surface area contributed by atoms with Gasteiger partial charge in [-0.25, -0.2) is 8.42 Å². The van der Waals surface area contributed by atoms with Gasteiger partial charge in [0.1, 0.15) is 11.4 Å². The molecule has 0 bridgehead atoms. The second-order valence-corrected chi connectivity index (χ2v) is 9.21. The molecule has 0 aliphatic rings. The number of nitrogens with zero attached hydrogens (tertiary/aromatic N) is 2. The summed E-state index contributed by atoms with van der Waals surface area (Å²) in [6.45, 7) is 1.81. The number of alkyl halides is 3. The second-order valence-electron chi connectivity index (χ2n) is 5.94. The molecule has 1 aromatic carbocycles. The fourth-order valence-electron chi connectivity index (χ4n) is 2.53. The molecular weight excluding hydrogens is 399 g/mol. The highest BCUT2D eigenvalue weighted by atomic mass is 32.2. The quantitative estimate of drug-likeness (QED) is 0.676. The average Bonchev–Trinajstić information content (AvgIpc) is 3.22. The van der Waals surface area contributed by atoms with Crippen molar-refractivity contribution < 1.29 is 21.6 Å². The molecule has 0 unspecified atom stereocenters. The van der Waals surface area contributed by atoms with Crippen molar-refractivity contribution in [3.05, 3.63) is 58.6 Å². The van der Waals surface area contributed by atoms with Gasteiger partial charge in [-0.1, -0.05) is 30.3 Å². The second kappa shape index (κ2) is 7.10. The molecule has 2 heterocycles. The first-order chi connectivity index (χ1) is 12.6. The number of rotatable bonds is 5. The summed E-state index contributed by atoms with van der Waals surface area (Å²) in [7, 11) is -2.33. The maximum Gasteiger partial charge on any atom is 0.432 e. The molecule has 0 fully saturated rings. The lowest BCUT2D eigenvalue weighted by molar-refractivity contribution is -0.141. The largest absolute Gasteiger partial charge is 0.432 e. The minimum atomic E-state index is -4.54. The van der Waals surface area contributed by atoms with Gasteiger partial charge in [0, 0.05) is 18.5 Å². The zero-order valence-electron chi connectivity index (χ0n) is 14.4. The van der Waals surface area contributed by atoms with Gasteiger partial charge < -0.3 is 0 Å². The smallest absolute Gasteiger partial charge is 0.273 e. The van der Waals surface area contributed by atoms with Crippen molar-refractivity contribution in [2.75, 3.05) is 7.05 Å². The summed E-state index contributed by atoms with van der Waals surface area (Å²) in [5.74, 6) is 0. The number of aromatic nitrogens is 2. The van der Waals surface area contributed by atoms with Crippen molar-refractivity contribution in [1.29, 1.82) is 0 Å². The van der Waals surface area contributed by atoms with Crippen LogP contribution < -0.4 is 0 Å². The number of halogens is 3. The standard InChI is InChI=1S/C17H16F3N3O2S2/c1-11-15(27(24,25)23(2)10-12-6-4-3-5-7-12)9-14(26-11)13-8-16(22-21-13)17(18,19)20/h3-9H,10H2,1-2H3,(H,21,22). The lowest BCUT2D eigenvalue weighted by Crippen LogP contribution is -2.26. The topological polar surface area (TPSA) is 66.1 Å². The molecule has 3 rings (SSSR count). The van der Waals surface area contributed by atoms with E-state index in [2.05, 4.69) is 5.10 Å². The zero-order valence-corrected chi connectivity index (χ0v) is 16.0. The fourth-order valence-corrected chi connectivity index (χ4v) is 5.21. The molecule has 0 saturated carbocycles. The number of hydrogen-bond donors (Lipinski definition) is 1. The molecule has 5 nitrogen and oxygen atoms in total. The Balaban J connectivity index is 1.90. The van der Waals surface area contributed by atoms with E-state index in [-0.39, 0.29) is 17.1 Å². The van der Waals surface area contributed by atoms with Crippen LogP contribution in [0.1, 0.15) is 16.1 Å². The highest BCUT2D eigenvalue weighted by Crippen LogP contribution is 2.36. The maximum absolute atomic E-state index is 12.9. The van der Waals surface area contributed by atoms with E-state index in [9.17, 15) is 21.6 Å². The van der Waals surface area contributed by atoms with Gasteiger partial charge >= 0.3 is 6.18 Å². The number of thiophene rings is 1. The summed E-state index contributed by atoms with van der Waals surface area (Å²) < 4.78 is 65.2. The average molecular weight is 415 g/mol. The van der Waals surface area contributed by atoms with Crippen LogP contribution in [0, 0.1) is 6.92 Å². The highest BCUT2D eigenvalue weighted by molar-refractivity contribution is 7.89. The van der Waals surface area contributed by atoms with E-state index in [4.69, 9.17) is 0 Å². The summed E-state index contributed by atoms with van der Waals surface area (Å²) in [5, 5.41) is 5.60. The van der Waals surface area contributed by atoms with Gasteiger partial charge in [0.2, 0.25) is 10.0 Å². The Morgan fingerprint density at radius 3 is 2.44 bits per heavy atom. The van der Waals surface area contributed by atoms with Gasteiger partial charge in [-0.05, 0) is 24.6 Å². The molecule has 0 atom stereocenters. The summed E-state index contributed by atoms with van der Waals surface area (Å²) >= 11 is 1.09. The Hall–Kier alpha value is -2.17. The minimum Gasteiger partial charge on any atom is -0.273 e. The molecular formula is C17H16F3N3O2S2. The van der Waals surface area contributed by atoms with Crippen molar-refractivity contribution in [3.8, 4) is 10.6 Å². The number of H-pyrrole nitrogens is 1. The lowest BCUT2D eigenvalue weighted by atomic mass is 10.2. The van der Waals surface area contributed by atoms with Crippen LogP contribution in [-0.4, -0.2) is 30.0 Å². The Bertz CT molecular complexity index is 1040. The molecule has 0 saturated heterocycles. The Kier molecular flexibility index (Phi) is 5.15. The SMILES string of the molecule is Cc1sc(-c2cc(C(F)(F)F)[nH]n2)cc1S(=O)(=O)N(C)Cc1ccccc1. The maximum atomic E-state index is 12.9. The van der Waals surface area contributed by atoms with Gasteiger partial charge in [-0.3, -0.25) is 5.10 Å². The number of benzene rings is 1. The van der Waals surface area contributed by atoms with Gasteiger partial charge in [0.15, 0.2) is 0 Å². The van der Waals surface area contributed by atoms with Crippen LogP contribution in [0.4, 0.5) is 13.2 Å². The third-order valence-electron chi connectivity index (χ3n) is 3.94. The van der Waals surface area contributed by atoms with Crippen molar-refractivity contribution in [3.63, 3.8) is 0 Å². The predicted octanol–water partition coefficient (Wildman–Crippen LogP) is 4.29. The molecule has 0 amide bonds. The van der Waals surface area contributed by atoms with Crippen LogP contribution in [0.3, 0.4) is 0 Å². The Labute approximate surface area is 158 Å². The van der Waals surface area contributed by atoms with E-state index in [1.807, 2.05) is 35.4 Å². The normalized spacial score (nSPS) is 12.7. The molecule has 0 aliphatic heterocycles. The molecule has 10 heteroatoms. The van der Waals surface area contributed by atoms with E-state index in [1.165, 1.54) is 17.4 Å². The van der Waals surface area contributed by atoms with Crippen molar-refractivity contribution in [2.24, 2.45) is 0 Å². The van der Waals surface area contributed by atoms with Crippen LogP contribution >= 0.6 is 11.3 Å². The van der Waals surface area contributed by atoms with Gasteiger partial charge in [0.05, 0.1) is 9.77 Å². The van der Waals surface area contributed by atoms with Crippen molar-refractivity contribution >= 4 is 21.4 Å². The third-order valence-corrected chi connectivity index (χ3v) is 7.08. The number of nitrogens with one attached hydrogen (secondary N) is 1. The molecule has 0 radical (unpaired) electrons. The molecule has 0 aliphatic carbocycles. The summed E-state index contributed by atoms with van der Waals surface area (Å²) in [4.78, 5) is 0.907. The van der Waals surface area contributed by atoms with E-state index >= 15 is 0 Å². The van der Waals surface area contributed by atoms with Crippen LogP contribution in [-0.2, 0) is 22.7 Å². The number of hydrogen-bond acceptors (Lipinski definition) is 4. The van der Waals surface area contributed by atoms with E-state index in [0.29, 0.717) is 9.75 Å². The molecule has 0 spiro atoms. The molecule has 1 N–H and O–H groups in total. The Morgan fingerprint density at radius 1 is 1.19 bits per heavy atom. The number of sulfonamides is 1. The lowest BCUT2D eigenvalue weighted by Gasteiger charge is -2.17. The highest BCUT2D eigenvalue weighted by Gasteiger charge is 2.33. The van der Waals surface area contributed by atoms with Gasteiger partial charge in [0.25, 0.3) is 0 Å². The van der Waals surface area contributed by atoms with Crippen LogP contribution in [0.5, 0.6) is 0 Å². The molecule has 3 aromatic rings. The van der Waals surface area contributed by atoms with E-state index in [0.717, 1.165) is 23.0 Å². The first kappa shape index (κ1) is 19.6. The molecule has 27 heavy (non-hydrogen) atoms. The summed E-state index contributed by atoms with van der Waals surface area (Å²) in [6.07, 6.45) is -4.54. The molecule has 144 valence electrons.